The molecule has 0 fully saturated rings. The van der Waals surface area contributed by atoms with Gasteiger partial charge in [0.25, 0.3) is 11.5 Å². The first-order valence-electron chi connectivity index (χ1n) is 8.06. The average Bonchev–Trinajstić information content (AvgIpc) is 2.93. The first-order valence-corrected chi connectivity index (χ1v) is 8.88. The molecule has 1 heterocycles. The summed E-state index contributed by atoms with van der Waals surface area (Å²) in [6.45, 7) is -2.29. The molecule has 148 valence electrons. The van der Waals surface area contributed by atoms with Crippen molar-refractivity contribution in [2.75, 3.05) is 13.7 Å². The number of amides is 1. The van der Waals surface area contributed by atoms with Crippen LogP contribution in [0.5, 0.6) is 5.75 Å². The Hall–Kier alpha value is -3.03. The Balaban J connectivity index is 2.56. The molecule has 1 aromatic carbocycles. The van der Waals surface area contributed by atoms with Gasteiger partial charge in [0.15, 0.2) is 5.57 Å². The van der Waals surface area contributed by atoms with Gasteiger partial charge < -0.3 is 15.2 Å². The number of nitriles is 1. The number of primary amides is 1. The summed E-state index contributed by atoms with van der Waals surface area (Å²) in [7, 11) is 1.52. The highest BCUT2D eigenvalue weighted by molar-refractivity contribution is 7.07. The number of halogens is 2. The Morgan fingerprint density at radius 1 is 1.39 bits per heavy atom. The van der Waals surface area contributed by atoms with E-state index in [1.807, 2.05) is 0 Å². The third-order valence-electron chi connectivity index (χ3n) is 3.61. The molecule has 0 radical (unpaired) electrons. The number of aromatic nitrogens is 1. The van der Waals surface area contributed by atoms with E-state index in [0.717, 1.165) is 11.3 Å². The van der Waals surface area contributed by atoms with E-state index in [-0.39, 0.29) is 27.1 Å². The largest absolute Gasteiger partial charge is 0.435 e. The van der Waals surface area contributed by atoms with Gasteiger partial charge in [-0.3, -0.25) is 14.2 Å². The molecule has 2 N–H and O–H groups in total. The summed E-state index contributed by atoms with van der Waals surface area (Å²) in [6, 6.07) is 7.45. The van der Waals surface area contributed by atoms with Gasteiger partial charge in [0.1, 0.15) is 16.5 Å². The molecule has 7 nitrogen and oxygen atoms in total. The highest BCUT2D eigenvalue weighted by atomic mass is 32.1. The molecule has 0 unspecified atom stereocenters. The number of methoxy groups -OCH3 is 1. The minimum absolute atomic E-state index is 0.00942. The maximum Gasteiger partial charge on any atom is 0.387 e. The maximum atomic E-state index is 12.7. The molecule has 0 bridgehead atoms. The van der Waals surface area contributed by atoms with E-state index in [4.69, 9.17) is 10.5 Å². The second-order valence-corrected chi connectivity index (χ2v) is 6.55. The fourth-order valence-corrected chi connectivity index (χ4v) is 3.51. The number of benzene rings is 1. The van der Waals surface area contributed by atoms with Gasteiger partial charge in [0, 0.05) is 20.3 Å². The summed E-state index contributed by atoms with van der Waals surface area (Å²) in [6.07, 6.45) is 2.03. The molecule has 1 amide bonds. The molecular formula is C18H17F2N3O4S. The third-order valence-corrected chi connectivity index (χ3v) is 4.74. The summed E-state index contributed by atoms with van der Waals surface area (Å²) < 4.78 is 35.4. The van der Waals surface area contributed by atoms with E-state index >= 15 is 0 Å². The van der Waals surface area contributed by atoms with Crippen molar-refractivity contribution in [2.45, 2.75) is 19.6 Å². The number of ether oxygens (including phenoxy) is 2. The van der Waals surface area contributed by atoms with Crippen LogP contribution in [-0.4, -0.2) is 30.8 Å². The predicted molar refractivity (Wildman–Crippen MR) is 99.2 cm³/mol. The Labute approximate surface area is 162 Å². The summed E-state index contributed by atoms with van der Waals surface area (Å²) in [5, 5.41) is 9.23. The quantitative estimate of drug-likeness (QED) is 0.641. The van der Waals surface area contributed by atoms with Crippen molar-refractivity contribution in [3.8, 4) is 11.8 Å². The van der Waals surface area contributed by atoms with Crippen molar-refractivity contribution in [3.63, 3.8) is 0 Å². The molecule has 0 atom stereocenters. The number of carbonyl (C=O) groups is 1. The fraction of sp³-hybridized carbons (Fsp3) is 0.278. The minimum atomic E-state index is -2.93. The fourth-order valence-electron chi connectivity index (χ4n) is 2.38. The topological polar surface area (TPSA) is 107 Å². The molecule has 0 spiro atoms. The van der Waals surface area contributed by atoms with E-state index in [1.54, 1.807) is 6.07 Å². The maximum absolute atomic E-state index is 12.7. The van der Waals surface area contributed by atoms with Crippen LogP contribution < -0.4 is 25.2 Å². The SMILES string of the molecule is COCCCn1c(=O)/c(=C\c2ccc(OC(F)F)cc2)s/c1=C(\C#N)C(N)=O. The van der Waals surface area contributed by atoms with Crippen LogP contribution in [0.2, 0.25) is 0 Å². The standard InChI is InChI=1S/C18H17F2N3O4S/c1-26-8-2-7-23-16(25)14(28-17(23)13(10-21)15(22)24)9-11-3-5-12(6-4-11)27-18(19)20/h3-6,9,18H,2,7-8H2,1H3,(H2,22,24)/b14-9+,17-13+. The number of carbonyl (C=O) groups excluding carboxylic acids is 1. The summed E-state index contributed by atoms with van der Waals surface area (Å²) in [5.41, 5.74) is 5.12. The molecule has 0 saturated heterocycles. The first kappa shape index (κ1) is 21.3. The summed E-state index contributed by atoms with van der Waals surface area (Å²) in [4.78, 5) is 24.3. The van der Waals surface area contributed by atoms with Gasteiger partial charge in [-0.1, -0.05) is 12.1 Å². The number of hydrogen-bond acceptors (Lipinski definition) is 6. The third kappa shape index (κ3) is 5.25. The molecule has 2 rings (SSSR count). The molecule has 10 heteroatoms. The van der Waals surface area contributed by atoms with Crippen molar-refractivity contribution in [1.82, 2.24) is 4.57 Å². The molecule has 0 saturated carbocycles. The van der Waals surface area contributed by atoms with Gasteiger partial charge in [-0.05, 0) is 30.2 Å². The van der Waals surface area contributed by atoms with Crippen molar-refractivity contribution in [3.05, 3.63) is 49.4 Å². The van der Waals surface area contributed by atoms with E-state index in [1.165, 1.54) is 42.0 Å². The van der Waals surface area contributed by atoms with Crippen LogP contribution >= 0.6 is 11.3 Å². The molecule has 0 aliphatic rings. The molecule has 1 aromatic heterocycles. The van der Waals surface area contributed by atoms with Gasteiger partial charge in [-0.15, -0.1) is 11.3 Å². The Morgan fingerprint density at radius 3 is 2.61 bits per heavy atom. The number of alkyl halides is 2. The first-order chi connectivity index (χ1) is 13.4. The number of nitrogens with two attached hydrogens (primary N) is 1. The molecule has 28 heavy (non-hydrogen) atoms. The van der Waals surface area contributed by atoms with E-state index in [0.29, 0.717) is 18.6 Å². The van der Waals surface area contributed by atoms with Crippen LogP contribution in [0.25, 0.3) is 11.6 Å². The van der Waals surface area contributed by atoms with Crippen molar-refractivity contribution in [2.24, 2.45) is 5.73 Å². The number of hydrogen-bond donors (Lipinski definition) is 1. The highest BCUT2D eigenvalue weighted by Gasteiger charge is 2.13. The van der Waals surface area contributed by atoms with Gasteiger partial charge in [-0.2, -0.15) is 14.0 Å². The monoisotopic (exact) mass is 409 g/mol. The zero-order chi connectivity index (χ0) is 20.7. The van der Waals surface area contributed by atoms with Gasteiger partial charge in [0.2, 0.25) is 0 Å². The van der Waals surface area contributed by atoms with Crippen LogP contribution in [0, 0.1) is 11.3 Å². The van der Waals surface area contributed by atoms with Crippen molar-refractivity contribution < 1.29 is 23.0 Å². The van der Waals surface area contributed by atoms with Crippen LogP contribution in [0.1, 0.15) is 12.0 Å². The lowest BCUT2D eigenvalue weighted by Gasteiger charge is -2.03. The van der Waals surface area contributed by atoms with Crippen LogP contribution in [0.4, 0.5) is 8.78 Å². The predicted octanol–water partition coefficient (Wildman–Crippen LogP) is 0.536. The minimum Gasteiger partial charge on any atom is -0.435 e. The zero-order valence-corrected chi connectivity index (χ0v) is 15.7. The van der Waals surface area contributed by atoms with Crippen LogP contribution in [0.15, 0.2) is 29.1 Å². The lowest BCUT2D eigenvalue weighted by atomic mass is 10.2. The van der Waals surface area contributed by atoms with Crippen LogP contribution in [-0.2, 0) is 16.1 Å². The lowest BCUT2D eigenvalue weighted by Crippen LogP contribution is -2.34. The van der Waals surface area contributed by atoms with Gasteiger partial charge in [0.05, 0.1) is 4.53 Å². The van der Waals surface area contributed by atoms with E-state index in [9.17, 15) is 23.6 Å². The molecular weight excluding hydrogens is 392 g/mol. The smallest absolute Gasteiger partial charge is 0.387 e. The molecule has 2 aromatic rings. The number of thiazole rings is 1. The number of nitrogens with zero attached hydrogens (tertiary/aromatic N) is 2. The highest BCUT2D eigenvalue weighted by Crippen LogP contribution is 2.15. The Kier molecular flexibility index (Phi) is 7.43. The zero-order valence-electron chi connectivity index (χ0n) is 14.9. The van der Waals surface area contributed by atoms with Gasteiger partial charge >= 0.3 is 6.61 Å². The normalized spacial score (nSPS) is 12.8. The van der Waals surface area contributed by atoms with Gasteiger partial charge in [-0.25, -0.2) is 0 Å². The second-order valence-electron chi connectivity index (χ2n) is 5.52. The Morgan fingerprint density at radius 2 is 2.07 bits per heavy atom. The van der Waals surface area contributed by atoms with Crippen molar-refractivity contribution >= 4 is 28.9 Å². The summed E-state index contributed by atoms with van der Waals surface area (Å²) >= 11 is 0.957. The molecule has 0 aliphatic carbocycles. The van der Waals surface area contributed by atoms with Crippen LogP contribution in [0.3, 0.4) is 0 Å². The second kappa shape index (κ2) is 9.77. The lowest BCUT2D eigenvalue weighted by molar-refractivity contribution is -0.112. The molecule has 0 aliphatic heterocycles. The van der Waals surface area contributed by atoms with E-state index < -0.39 is 18.1 Å². The average molecular weight is 409 g/mol. The van der Waals surface area contributed by atoms with E-state index in [2.05, 4.69) is 4.74 Å². The summed E-state index contributed by atoms with van der Waals surface area (Å²) in [5.74, 6) is -0.936. The van der Waals surface area contributed by atoms with Crippen molar-refractivity contribution in [1.29, 1.82) is 5.26 Å². The Bertz CT molecular complexity index is 1050. The number of rotatable bonds is 8.